The fourth-order valence-corrected chi connectivity index (χ4v) is 1.36. The number of rotatable bonds is 7. The van der Waals surface area contributed by atoms with Gasteiger partial charge in [0.25, 0.3) is 0 Å². The van der Waals surface area contributed by atoms with Crippen LogP contribution in [0.3, 0.4) is 0 Å². The van der Waals surface area contributed by atoms with Gasteiger partial charge in [0.2, 0.25) is 0 Å². The molecule has 0 aliphatic carbocycles. The summed E-state index contributed by atoms with van der Waals surface area (Å²) >= 11 is 0. The van der Waals surface area contributed by atoms with Gasteiger partial charge in [0.1, 0.15) is 6.10 Å². The predicted octanol–water partition coefficient (Wildman–Crippen LogP) is 3.59. The highest BCUT2D eigenvalue weighted by Gasteiger charge is 2.27. The molecular weight excluding hydrogens is 188 g/mol. The Labute approximate surface area is 94.4 Å². The van der Waals surface area contributed by atoms with E-state index in [1.807, 2.05) is 27.7 Å². The zero-order valence-corrected chi connectivity index (χ0v) is 11.1. The van der Waals surface area contributed by atoms with Crippen LogP contribution in [-0.4, -0.2) is 17.5 Å². The number of carbonyl (C=O) groups is 1. The van der Waals surface area contributed by atoms with E-state index in [2.05, 4.69) is 13.8 Å². The monoisotopic (exact) mass is 214 g/mol. The lowest BCUT2D eigenvalue weighted by Crippen LogP contribution is -2.36. The van der Waals surface area contributed by atoms with E-state index in [0.29, 0.717) is 0 Å². The first-order valence-electron chi connectivity index (χ1n) is 6.05. The molecule has 0 aromatic carbocycles. The molecule has 2 nitrogen and oxygen atoms in total. The lowest BCUT2D eigenvalue weighted by molar-refractivity contribution is -0.146. The van der Waals surface area contributed by atoms with Crippen molar-refractivity contribution in [3.8, 4) is 0 Å². The average molecular weight is 214 g/mol. The molecule has 0 aromatic heterocycles. The number of ether oxygens (including phenoxy) is 1. The van der Waals surface area contributed by atoms with Crippen LogP contribution in [0.25, 0.3) is 0 Å². The van der Waals surface area contributed by atoms with Crippen LogP contribution in [0.2, 0.25) is 0 Å². The maximum absolute atomic E-state index is 11.9. The number of carbonyl (C=O) groups excluding carboxylic acids is 1. The predicted molar refractivity (Wildman–Crippen MR) is 64.0 cm³/mol. The molecule has 0 aliphatic rings. The Bertz CT molecular complexity index is 195. The zero-order valence-electron chi connectivity index (χ0n) is 11.1. The van der Waals surface area contributed by atoms with Crippen LogP contribution < -0.4 is 0 Å². The molecule has 0 saturated heterocycles. The van der Waals surface area contributed by atoms with Gasteiger partial charge in [-0.3, -0.25) is 4.79 Å². The number of hydrogen-bond acceptors (Lipinski definition) is 2. The summed E-state index contributed by atoms with van der Waals surface area (Å²) in [7, 11) is 0. The Kier molecular flexibility index (Phi) is 6.11. The molecule has 0 aromatic rings. The summed E-state index contributed by atoms with van der Waals surface area (Å²) in [6, 6.07) is 0. The van der Waals surface area contributed by atoms with E-state index in [-0.39, 0.29) is 23.4 Å². The fraction of sp³-hybridized carbons (Fsp3) is 0.923. The van der Waals surface area contributed by atoms with Crippen molar-refractivity contribution in [2.24, 2.45) is 5.92 Å². The van der Waals surface area contributed by atoms with E-state index < -0.39 is 0 Å². The van der Waals surface area contributed by atoms with Gasteiger partial charge in [-0.05, 0) is 26.7 Å². The summed E-state index contributed by atoms with van der Waals surface area (Å²) in [5, 5.41) is 0. The Morgan fingerprint density at radius 2 is 1.80 bits per heavy atom. The highest BCUT2D eigenvalue weighted by Crippen LogP contribution is 2.21. The molecule has 0 heterocycles. The van der Waals surface area contributed by atoms with Crippen molar-refractivity contribution in [3.05, 3.63) is 0 Å². The van der Waals surface area contributed by atoms with Gasteiger partial charge < -0.3 is 4.74 Å². The SMILES string of the molecule is CCC[C@H](OC(C)(C)CC)C(=O)C(C)C. The molecule has 0 spiro atoms. The van der Waals surface area contributed by atoms with E-state index >= 15 is 0 Å². The molecule has 0 unspecified atom stereocenters. The molecule has 0 bridgehead atoms. The zero-order chi connectivity index (χ0) is 12.1. The first-order valence-corrected chi connectivity index (χ1v) is 6.05. The van der Waals surface area contributed by atoms with E-state index in [9.17, 15) is 4.79 Å². The summed E-state index contributed by atoms with van der Waals surface area (Å²) in [5.41, 5.74) is -0.190. The van der Waals surface area contributed by atoms with Gasteiger partial charge in [0.15, 0.2) is 5.78 Å². The molecule has 1 atom stereocenters. The lowest BCUT2D eigenvalue weighted by atomic mass is 9.98. The number of hydrogen-bond donors (Lipinski definition) is 0. The molecule has 0 radical (unpaired) electrons. The van der Waals surface area contributed by atoms with Crippen LogP contribution in [0.5, 0.6) is 0 Å². The summed E-state index contributed by atoms with van der Waals surface area (Å²) in [5.74, 6) is 0.299. The molecule has 0 saturated carbocycles. The quantitative estimate of drug-likeness (QED) is 0.647. The normalized spacial score (nSPS) is 14.3. The van der Waals surface area contributed by atoms with Gasteiger partial charge in [0, 0.05) is 5.92 Å². The molecule has 2 heteroatoms. The van der Waals surface area contributed by atoms with Gasteiger partial charge in [-0.15, -0.1) is 0 Å². The molecule has 0 aliphatic heterocycles. The van der Waals surface area contributed by atoms with Crippen LogP contribution in [0.4, 0.5) is 0 Å². The average Bonchev–Trinajstić information content (AvgIpc) is 2.15. The van der Waals surface area contributed by atoms with Crippen molar-refractivity contribution in [3.63, 3.8) is 0 Å². The van der Waals surface area contributed by atoms with Crippen LogP contribution in [0, 0.1) is 5.92 Å². The summed E-state index contributed by atoms with van der Waals surface area (Å²) in [6.45, 7) is 12.1. The molecule has 0 amide bonds. The Balaban J connectivity index is 4.47. The van der Waals surface area contributed by atoms with Crippen molar-refractivity contribution in [1.82, 2.24) is 0 Å². The second-order valence-electron chi connectivity index (χ2n) is 5.07. The van der Waals surface area contributed by atoms with Crippen LogP contribution in [0.1, 0.15) is 60.8 Å². The Morgan fingerprint density at radius 3 is 2.13 bits per heavy atom. The van der Waals surface area contributed by atoms with Gasteiger partial charge >= 0.3 is 0 Å². The fourth-order valence-electron chi connectivity index (χ4n) is 1.36. The Hall–Kier alpha value is -0.370. The van der Waals surface area contributed by atoms with Crippen molar-refractivity contribution in [2.45, 2.75) is 72.5 Å². The highest BCUT2D eigenvalue weighted by atomic mass is 16.5. The van der Waals surface area contributed by atoms with Crippen LogP contribution in [0.15, 0.2) is 0 Å². The smallest absolute Gasteiger partial charge is 0.164 e. The third-order valence-electron chi connectivity index (χ3n) is 2.75. The van der Waals surface area contributed by atoms with Gasteiger partial charge in [-0.1, -0.05) is 34.1 Å². The number of Topliss-reactive ketones (excluding diaryl/α,β-unsaturated/α-hetero) is 1. The Morgan fingerprint density at radius 1 is 1.27 bits per heavy atom. The number of ketones is 1. The third kappa shape index (κ3) is 5.31. The molecule has 0 fully saturated rings. The summed E-state index contributed by atoms with van der Waals surface area (Å²) in [4.78, 5) is 11.9. The minimum absolute atomic E-state index is 0.0641. The van der Waals surface area contributed by atoms with E-state index in [1.165, 1.54) is 0 Å². The standard InChI is InChI=1S/C13H26O2/c1-7-9-11(12(14)10(3)4)15-13(5,6)8-2/h10-11H,7-9H2,1-6H3/t11-/m0/s1. The van der Waals surface area contributed by atoms with Gasteiger partial charge in [-0.2, -0.15) is 0 Å². The van der Waals surface area contributed by atoms with E-state index in [0.717, 1.165) is 19.3 Å². The van der Waals surface area contributed by atoms with Crippen LogP contribution >= 0.6 is 0 Å². The van der Waals surface area contributed by atoms with Crippen molar-refractivity contribution >= 4 is 5.78 Å². The van der Waals surface area contributed by atoms with Crippen molar-refractivity contribution in [1.29, 1.82) is 0 Å². The van der Waals surface area contributed by atoms with E-state index in [1.54, 1.807) is 0 Å². The minimum Gasteiger partial charge on any atom is -0.365 e. The molecule has 0 N–H and O–H groups in total. The largest absolute Gasteiger partial charge is 0.365 e. The second kappa shape index (κ2) is 6.26. The van der Waals surface area contributed by atoms with Gasteiger partial charge in [-0.25, -0.2) is 0 Å². The lowest BCUT2D eigenvalue weighted by Gasteiger charge is -2.30. The highest BCUT2D eigenvalue weighted by molar-refractivity contribution is 5.84. The van der Waals surface area contributed by atoms with Crippen LogP contribution in [-0.2, 0) is 9.53 Å². The molecular formula is C13H26O2. The summed E-state index contributed by atoms with van der Waals surface area (Å²) in [6.07, 6.45) is 2.53. The van der Waals surface area contributed by atoms with Crippen molar-refractivity contribution in [2.75, 3.05) is 0 Å². The van der Waals surface area contributed by atoms with Crippen molar-refractivity contribution < 1.29 is 9.53 Å². The minimum atomic E-state index is -0.218. The first-order chi connectivity index (χ1) is 6.84. The summed E-state index contributed by atoms with van der Waals surface area (Å²) < 4.78 is 5.90. The third-order valence-corrected chi connectivity index (χ3v) is 2.75. The van der Waals surface area contributed by atoms with Gasteiger partial charge in [0.05, 0.1) is 5.60 Å². The first kappa shape index (κ1) is 14.6. The maximum atomic E-state index is 11.9. The van der Waals surface area contributed by atoms with E-state index in [4.69, 9.17) is 4.74 Å². The topological polar surface area (TPSA) is 26.3 Å². The molecule has 15 heavy (non-hydrogen) atoms. The molecule has 90 valence electrons. The maximum Gasteiger partial charge on any atom is 0.164 e. The molecule has 0 rings (SSSR count). The second-order valence-corrected chi connectivity index (χ2v) is 5.07.